The van der Waals surface area contributed by atoms with Gasteiger partial charge < -0.3 is 14.6 Å². The van der Waals surface area contributed by atoms with E-state index in [-0.39, 0.29) is 24.7 Å². The SMILES string of the molecule is CCc1ccc(NC(=O)COC(=O)C2CCN(S(=O)(=O)c3cn(C)c(C)n3)CC2)cc1. The number of aryl methyl sites for hydroxylation is 3. The molecule has 1 N–H and O–H groups in total. The number of rotatable bonds is 7. The van der Waals surface area contributed by atoms with Gasteiger partial charge in [0.25, 0.3) is 15.9 Å². The van der Waals surface area contributed by atoms with E-state index in [1.165, 1.54) is 10.5 Å². The summed E-state index contributed by atoms with van der Waals surface area (Å²) in [6.07, 6.45) is 3.07. The zero-order chi connectivity index (χ0) is 22.6. The van der Waals surface area contributed by atoms with Crippen LogP contribution in [0.4, 0.5) is 5.69 Å². The highest BCUT2D eigenvalue weighted by molar-refractivity contribution is 7.89. The van der Waals surface area contributed by atoms with E-state index in [0.29, 0.717) is 24.4 Å². The summed E-state index contributed by atoms with van der Waals surface area (Å²) < 4.78 is 33.6. The summed E-state index contributed by atoms with van der Waals surface area (Å²) in [6.45, 7) is 3.81. The third-order valence-electron chi connectivity index (χ3n) is 5.47. The van der Waals surface area contributed by atoms with Gasteiger partial charge in [0.15, 0.2) is 11.6 Å². The Kier molecular flexibility index (Phi) is 7.11. The maximum atomic E-state index is 12.7. The Morgan fingerprint density at radius 2 is 1.84 bits per heavy atom. The monoisotopic (exact) mass is 448 g/mol. The second-order valence-corrected chi connectivity index (χ2v) is 9.51. The molecule has 1 aliphatic rings. The summed E-state index contributed by atoms with van der Waals surface area (Å²) in [5, 5.41) is 2.70. The molecule has 9 nitrogen and oxygen atoms in total. The minimum Gasteiger partial charge on any atom is -0.455 e. The summed E-state index contributed by atoms with van der Waals surface area (Å²) in [4.78, 5) is 28.5. The molecule has 0 bridgehead atoms. The molecule has 10 heteroatoms. The average Bonchev–Trinajstić information content (AvgIpc) is 3.12. The molecule has 1 aromatic carbocycles. The van der Waals surface area contributed by atoms with Gasteiger partial charge in [-0.1, -0.05) is 19.1 Å². The smallest absolute Gasteiger partial charge is 0.309 e. The number of hydrogen-bond acceptors (Lipinski definition) is 6. The van der Waals surface area contributed by atoms with Gasteiger partial charge >= 0.3 is 5.97 Å². The molecular weight excluding hydrogens is 420 g/mol. The highest BCUT2D eigenvalue weighted by Gasteiger charge is 2.34. The molecule has 1 saturated heterocycles. The largest absolute Gasteiger partial charge is 0.455 e. The van der Waals surface area contributed by atoms with Crippen molar-refractivity contribution in [1.82, 2.24) is 13.9 Å². The number of carbonyl (C=O) groups excluding carboxylic acids is 2. The normalized spacial score (nSPS) is 15.6. The molecule has 0 spiro atoms. The van der Waals surface area contributed by atoms with Crippen LogP contribution < -0.4 is 5.32 Å². The first-order chi connectivity index (χ1) is 14.7. The molecule has 0 radical (unpaired) electrons. The molecule has 0 unspecified atom stereocenters. The molecule has 1 amide bonds. The Morgan fingerprint density at radius 3 is 2.39 bits per heavy atom. The summed E-state index contributed by atoms with van der Waals surface area (Å²) in [5.74, 6) is -0.726. The number of nitrogens with one attached hydrogen (secondary N) is 1. The lowest BCUT2D eigenvalue weighted by Gasteiger charge is -2.29. The maximum absolute atomic E-state index is 12.7. The van der Waals surface area contributed by atoms with Crippen molar-refractivity contribution in [2.45, 2.75) is 38.1 Å². The molecular formula is C21H28N4O5S. The van der Waals surface area contributed by atoms with Gasteiger partial charge in [-0.3, -0.25) is 9.59 Å². The molecule has 0 atom stereocenters. The topological polar surface area (TPSA) is 111 Å². The fourth-order valence-electron chi connectivity index (χ4n) is 3.39. The number of esters is 1. The molecule has 31 heavy (non-hydrogen) atoms. The van der Waals surface area contributed by atoms with Gasteiger partial charge in [-0.05, 0) is 43.9 Å². The highest BCUT2D eigenvalue weighted by atomic mass is 32.2. The predicted octanol–water partition coefficient (Wildman–Crippen LogP) is 1.87. The number of amides is 1. The summed E-state index contributed by atoms with van der Waals surface area (Å²) >= 11 is 0. The lowest BCUT2D eigenvalue weighted by Crippen LogP contribution is -2.41. The van der Waals surface area contributed by atoms with Crippen LogP contribution >= 0.6 is 0 Å². The molecule has 2 heterocycles. The van der Waals surface area contributed by atoms with Crippen molar-refractivity contribution < 1.29 is 22.7 Å². The van der Waals surface area contributed by atoms with Crippen LogP contribution in [0.5, 0.6) is 0 Å². The highest BCUT2D eigenvalue weighted by Crippen LogP contribution is 2.24. The molecule has 3 rings (SSSR count). The van der Waals surface area contributed by atoms with Crippen molar-refractivity contribution in [1.29, 1.82) is 0 Å². The van der Waals surface area contributed by atoms with E-state index in [1.807, 2.05) is 19.1 Å². The number of carbonyl (C=O) groups is 2. The van der Waals surface area contributed by atoms with Crippen LogP contribution in [0.2, 0.25) is 0 Å². The second kappa shape index (κ2) is 9.61. The van der Waals surface area contributed by atoms with Crippen LogP contribution in [0.15, 0.2) is 35.5 Å². The van der Waals surface area contributed by atoms with Crippen molar-refractivity contribution in [2.24, 2.45) is 13.0 Å². The van der Waals surface area contributed by atoms with Crippen molar-refractivity contribution in [3.8, 4) is 0 Å². The van der Waals surface area contributed by atoms with Crippen LogP contribution in [-0.2, 0) is 37.8 Å². The van der Waals surface area contributed by atoms with E-state index in [0.717, 1.165) is 12.0 Å². The van der Waals surface area contributed by atoms with Crippen LogP contribution in [0.25, 0.3) is 0 Å². The fraction of sp³-hybridized carbons (Fsp3) is 0.476. The Balaban J connectivity index is 1.47. The lowest BCUT2D eigenvalue weighted by molar-refractivity contribution is -0.152. The zero-order valence-electron chi connectivity index (χ0n) is 18.0. The van der Waals surface area contributed by atoms with Crippen molar-refractivity contribution >= 4 is 27.6 Å². The molecule has 1 fully saturated rings. The van der Waals surface area contributed by atoms with Gasteiger partial charge in [-0.25, -0.2) is 13.4 Å². The number of anilines is 1. The van der Waals surface area contributed by atoms with Crippen LogP contribution in [0.1, 0.15) is 31.2 Å². The molecule has 0 aliphatic carbocycles. The molecule has 2 aromatic rings. The number of benzene rings is 1. The standard InChI is InChI=1S/C21H28N4O5S/c1-4-16-5-7-18(8-6-16)23-19(26)14-30-21(27)17-9-11-25(12-10-17)31(28,29)20-13-24(3)15(2)22-20/h5-8,13,17H,4,9-12,14H2,1-3H3,(H,23,26). The number of hydrogen-bond donors (Lipinski definition) is 1. The lowest BCUT2D eigenvalue weighted by atomic mass is 9.98. The van der Waals surface area contributed by atoms with Gasteiger partial charge in [0.2, 0.25) is 0 Å². The first-order valence-corrected chi connectivity index (χ1v) is 11.7. The summed E-state index contributed by atoms with van der Waals surface area (Å²) in [5.41, 5.74) is 1.80. The van der Waals surface area contributed by atoms with Crippen molar-refractivity contribution in [3.63, 3.8) is 0 Å². The van der Waals surface area contributed by atoms with Crippen molar-refractivity contribution in [2.75, 3.05) is 25.0 Å². The number of piperidine rings is 1. The van der Waals surface area contributed by atoms with Gasteiger partial charge in [0, 0.05) is 32.0 Å². The molecule has 1 aliphatic heterocycles. The first kappa shape index (κ1) is 23.0. The number of imidazole rings is 1. The molecule has 168 valence electrons. The Bertz CT molecular complexity index is 1020. The second-order valence-electron chi connectivity index (χ2n) is 7.62. The van der Waals surface area contributed by atoms with Crippen LogP contribution in [0.3, 0.4) is 0 Å². The van der Waals surface area contributed by atoms with E-state index in [4.69, 9.17) is 4.74 Å². The molecule has 0 saturated carbocycles. The summed E-state index contributed by atoms with van der Waals surface area (Å²) in [7, 11) is -1.96. The third-order valence-corrected chi connectivity index (χ3v) is 7.24. The fourth-order valence-corrected chi connectivity index (χ4v) is 4.88. The van der Waals surface area contributed by atoms with Gasteiger partial charge in [0.1, 0.15) is 5.82 Å². The molecule has 1 aromatic heterocycles. The maximum Gasteiger partial charge on any atom is 0.309 e. The minimum atomic E-state index is -3.69. The van der Waals surface area contributed by atoms with Crippen LogP contribution in [0, 0.1) is 12.8 Å². The summed E-state index contributed by atoms with van der Waals surface area (Å²) in [6, 6.07) is 7.46. The van der Waals surface area contributed by atoms with Gasteiger partial charge in [-0.2, -0.15) is 4.31 Å². The number of aromatic nitrogens is 2. The Labute approximate surface area is 182 Å². The number of nitrogens with zero attached hydrogens (tertiary/aromatic N) is 3. The van der Waals surface area contributed by atoms with Gasteiger partial charge in [-0.15, -0.1) is 0 Å². The van der Waals surface area contributed by atoms with E-state index in [2.05, 4.69) is 10.3 Å². The minimum absolute atomic E-state index is 0.0113. The van der Waals surface area contributed by atoms with E-state index in [1.54, 1.807) is 30.7 Å². The average molecular weight is 449 g/mol. The Hall–Kier alpha value is -2.72. The quantitative estimate of drug-likeness (QED) is 0.648. The van der Waals surface area contributed by atoms with Crippen LogP contribution in [-0.4, -0.2) is 53.8 Å². The predicted molar refractivity (Wildman–Crippen MR) is 115 cm³/mol. The van der Waals surface area contributed by atoms with E-state index in [9.17, 15) is 18.0 Å². The first-order valence-electron chi connectivity index (χ1n) is 10.3. The van der Waals surface area contributed by atoms with E-state index >= 15 is 0 Å². The van der Waals surface area contributed by atoms with Crippen molar-refractivity contribution in [3.05, 3.63) is 41.9 Å². The third kappa shape index (κ3) is 5.50. The number of sulfonamides is 1. The number of ether oxygens (including phenoxy) is 1. The zero-order valence-corrected chi connectivity index (χ0v) is 18.8. The van der Waals surface area contributed by atoms with Gasteiger partial charge in [0.05, 0.1) is 5.92 Å². The Morgan fingerprint density at radius 1 is 1.19 bits per heavy atom. The van der Waals surface area contributed by atoms with E-state index < -0.39 is 27.8 Å².